The molecule has 3 aromatic carbocycles. The van der Waals surface area contributed by atoms with Crippen LogP contribution in [0.4, 0.5) is 5.69 Å². The molecule has 0 saturated carbocycles. The largest absolute Gasteiger partial charge is 0.507 e. The van der Waals surface area contributed by atoms with Crippen molar-refractivity contribution in [3.05, 3.63) is 76.9 Å². The van der Waals surface area contributed by atoms with Gasteiger partial charge in [-0.1, -0.05) is 42.5 Å². The lowest BCUT2D eigenvalue weighted by molar-refractivity contribution is 0.133. The number of aromatic hydroxyl groups is 4. The van der Waals surface area contributed by atoms with Gasteiger partial charge in [-0.05, 0) is 36.3 Å². The van der Waals surface area contributed by atoms with E-state index >= 15 is 0 Å². The van der Waals surface area contributed by atoms with Crippen molar-refractivity contribution >= 4 is 17.8 Å². The number of aliphatic hydroxyl groups is 1. The molecule has 1 heterocycles. The van der Waals surface area contributed by atoms with Crippen LogP contribution in [0.1, 0.15) is 35.2 Å². The van der Waals surface area contributed by atoms with Crippen molar-refractivity contribution in [2.45, 2.75) is 25.5 Å². The van der Waals surface area contributed by atoms with Gasteiger partial charge >= 0.3 is 0 Å². The van der Waals surface area contributed by atoms with Crippen molar-refractivity contribution in [1.82, 2.24) is 0 Å². The molecule has 4 rings (SSSR count). The van der Waals surface area contributed by atoms with E-state index in [0.717, 1.165) is 5.56 Å². The maximum atomic E-state index is 10.9. The van der Waals surface area contributed by atoms with Crippen molar-refractivity contribution in [2.75, 3.05) is 11.4 Å². The van der Waals surface area contributed by atoms with Crippen LogP contribution in [0.5, 0.6) is 23.0 Å². The van der Waals surface area contributed by atoms with E-state index in [1.54, 1.807) is 12.1 Å². The first-order valence-corrected chi connectivity index (χ1v) is 10.2. The monoisotopic (exact) mass is 419 g/mol. The average molecular weight is 419 g/mol. The second-order valence-electron chi connectivity index (χ2n) is 7.65. The molecule has 3 aromatic rings. The SMILES string of the molecule is CCN1c2c(/C=C/c3ccccc3)c(O)cc(O)c2CC(O)C1c1ccc(O)c(O)c1. The Hall–Kier alpha value is -3.64. The van der Waals surface area contributed by atoms with Crippen molar-refractivity contribution in [3.8, 4) is 23.0 Å². The quantitative estimate of drug-likeness (QED) is 0.321. The zero-order valence-corrected chi connectivity index (χ0v) is 17.1. The summed E-state index contributed by atoms with van der Waals surface area (Å²) >= 11 is 0. The number of hydrogen-bond acceptors (Lipinski definition) is 6. The Balaban J connectivity index is 1.86. The second-order valence-corrected chi connectivity index (χ2v) is 7.65. The minimum absolute atomic E-state index is 0.0643. The summed E-state index contributed by atoms with van der Waals surface area (Å²) in [5.74, 6) is -0.645. The molecule has 5 N–H and O–H groups in total. The van der Waals surface area contributed by atoms with Crippen LogP contribution in [0.2, 0.25) is 0 Å². The molecule has 0 aromatic heterocycles. The van der Waals surface area contributed by atoms with E-state index in [0.29, 0.717) is 28.9 Å². The molecule has 0 spiro atoms. The van der Waals surface area contributed by atoms with Gasteiger partial charge in [-0.15, -0.1) is 0 Å². The fourth-order valence-corrected chi connectivity index (χ4v) is 4.29. The Bertz CT molecular complexity index is 1130. The third-order valence-electron chi connectivity index (χ3n) is 5.72. The highest BCUT2D eigenvalue weighted by Crippen LogP contribution is 2.48. The van der Waals surface area contributed by atoms with Gasteiger partial charge in [0.05, 0.1) is 17.8 Å². The lowest BCUT2D eigenvalue weighted by Gasteiger charge is -2.42. The minimum Gasteiger partial charge on any atom is -0.507 e. The fourth-order valence-electron chi connectivity index (χ4n) is 4.29. The number of hydrogen-bond donors (Lipinski definition) is 5. The summed E-state index contributed by atoms with van der Waals surface area (Å²) in [6, 6.07) is 14.9. The van der Waals surface area contributed by atoms with Gasteiger partial charge in [0.1, 0.15) is 11.5 Å². The Labute approximate surface area is 180 Å². The second kappa shape index (κ2) is 8.24. The molecular weight excluding hydrogens is 394 g/mol. The van der Waals surface area contributed by atoms with Gasteiger partial charge in [0.15, 0.2) is 11.5 Å². The summed E-state index contributed by atoms with van der Waals surface area (Å²) in [5, 5.41) is 51.8. The van der Waals surface area contributed by atoms with Crippen LogP contribution in [0.25, 0.3) is 12.2 Å². The van der Waals surface area contributed by atoms with E-state index in [4.69, 9.17) is 0 Å². The Kier molecular flexibility index (Phi) is 5.48. The third-order valence-corrected chi connectivity index (χ3v) is 5.72. The number of fused-ring (bicyclic) bond motifs is 1. The third kappa shape index (κ3) is 3.78. The highest BCUT2D eigenvalue weighted by molar-refractivity contribution is 5.85. The van der Waals surface area contributed by atoms with Crippen molar-refractivity contribution in [3.63, 3.8) is 0 Å². The summed E-state index contributed by atoms with van der Waals surface area (Å²) in [5.41, 5.74) is 3.31. The van der Waals surface area contributed by atoms with Gasteiger partial charge in [-0.3, -0.25) is 0 Å². The molecule has 2 atom stereocenters. The molecule has 0 fully saturated rings. The number of anilines is 1. The zero-order chi connectivity index (χ0) is 22.1. The molecule has 0 bridgehead atoms. The molecule has 0 saturated heterocycles. The minimum atomic E-state index is -0.863. The van der Waals surface area contributed by atoms with Gasteiger partial charge in [-0.25, -0.2) is 0 Å². The lowest BCUT2D eigenvalue weighted by Crippen LogP contribution is -2.42. The molecule has 6 nitrogen and oxygen atoms in total. The molecule has 2 unspecified atom stereocenters. The van der Waals surface area contributed by atoms with Gasteiger partial charge in [0.2, 0.25) is 0 Å². The maximum absolute atomic E-state index is 10.9. The van der Waals surface area contributed by atoms with E-state index < -0.39 is 12.1 Å². The molecule has 0 aliphatic carbocycles. The maximum Gasteiger partial charge on any atom is 0.157 e. The van der Waals surface area contributed by atoms with Gasteiger partial charge < -0.3 is 30.4 Å². The van der Waals surface area contributed by atoms with Crippen LogP contribution >= 0.6 is 0 Å². The summed E-state index contributed by atoms with van der Waals surface area (Å²) in [4.78, 5) is 1.90. The normalized spacial score (nSPS) is 18.3. The highest BCUT2D eigenvalue weighted by Gasteiger charge is 2.37. The molecular formula is C25H25NO5. The standard InChI is InChI=1S/C25H25NO5/c1-2-26-24(16-9-11-19(27)22(30)12-16)23(31)13-18-21(29)14-20(28)17(25(18)26)10-8-15-6-4-3-5-7-15/h3-12,14,23-24,27-31H,2,13H2,1H3/b10-8+. The van der Waals surface area contributed by atoms with E-state index in [9.17, 15) is 25.5 Å². The van der Waals surface area contributed by atoms with Crippen LogP contribution in [-0.2, 0) is 6.42 Å². The number of likely N-dealkylation sites (N-methyl/N-ethyl adjacent to an activating group) is 1. The number of phenolic OH excluding ortho intramolecular Hbond substituents is 4. The summed E-state index contributed by atoms with van der Waals surface area (Å²) in [7, 11) is 0. The number of benzene rings is 3. The number of phenols is 4. The molecule has 0 radical (unpaired) electrons. The Morgan fingerprint density at radius 3 is 2.29 bits per heavy atom. The van der Waals surface area contributed by atoms with Crippen LogP contribution in [0.3, 0.4) is 0 Å². The van der Waals surface area contributed by atoms with Gasteiger partial charge in [0.25, 0.3) is 0 Å². The van der Waals surface area contributed by atoms with Crippen LogP contribution < -0.4 is 4.90 Å². The van der Waals surface area contributed by atoms with Crippen LogP contribution in [0.15, 0.2) is 54.6 Å². The first kappa shape index (κ1) is 20.6. The van der Waals surface area contributed by atoms with Crippen molar-refractivity contribution < 1.29 is 25.5 Å². The Morgan fingerprint density at radius 2 is 1.61 bits per heavy atom. The molecule has 160 valence electrons. The smallest absolute Gasteiger partial charge is 0.157 e. The number of aliphatic hydroxyl groups excluding tert-OH is 1. The van der Waals surface area contributed by atoms with E-state index in [1.807, 2.05) is 48.2 Å². The van der Waals surface area contributed by atoms with Gasteiger partial charge in [0, 0.05) is 30.2 Å². The number of rotatable bonds is 4. The van der Waals surface area contributed by atoms with Crippen molar-refractivity contribution in [1.29, 1.82) is 0 Å². The Morgan fingerprint density at radius 1 is 0.871 bits per heavy atom. The van der Waals surface area contributed by atoms with E-state index in [1.165, 1.54) is 18.2 Å². The van der Waals surface area contributed by atoms with E-state index in [-0.39, 0.29) is 29.4 Å². The predicted molar refractivity (Wildman–Crippen MR) is 120 cm³/mol. The van der Waals surface area contributed by atoms with Crippen LogP contribution in [-0.4, -0.2) is 38.2 Å². The lowest BCUT2D eigenvalue weighted by atomic mass is 9.86. The predicted octanol–water partition coefficient (Wildman–Crippen LogP) is 4.16. The highest BCUT2D eigenvalue weighted by atomic mass is 16.3. The first-order valence-electron chi connectivity index (χ1n) is 10.2. The topological polar surface area (TPSA) is 104 Å². The van der Waals surface area contributed by atoms with Crippen molar-refractivity contribution in [2.24, 2.45) is 0 Å². The fraction of sp³-hybridized carbons (Fsp3) is 0.200. The molecule has 1 aliphatic heterocycles. The zero-order valence-electron chi connectivity index (χ0n) is 17.1. The summed E-state index contributed by atoms with van der Waals surface area (Å²) in [6.07, 6.45) is 3.00. The molecule has 0 amide bonds. The van der Waals surface area contributed by atoms with Crippen LogP contribution in [0, 0.1) is 0 Å². The summed E-state index contributed by atoms with van der Waals surface area (Å²) < 4.78 is 0. The molecule has 1 aliphatic rings. The average Bonchev–Trinajstić information content (AvgIpc) is 2.76. The first-order chi connectivity index (χ1) is 14.9. The molecule has 31 heavy (non-hydrogen) atoms. The van der Waals surface area contributed by atoms with Gasteiger partial charge in [-0.2, -0.15) is 0 Å². The number of nitrogens with zero attached hydrogens (tertiary/aromatic N) is 1. The van der Waals surface area contributed by atoms with E-state index in [2.05, 4.69) is 0 Å². The molecule has 6 heteroatoms. The summed E-state index contributed by atoms with van der Waals surface area (Å²) in [6.45, 7) is 2.40.